The van der Waals surface area contributed by atoms with Crippen LogP contribution in [0.5, 0.6) is 0 Å². The number of rotatable bonds is 3. The first-order valence-corrected chi connectivity index (χ1v) is 8.02. The van der Waals surface area contributed by atoms with Gasteiger partial charge in [-0.15, -0.1) is 6.58 Å². The standard InChI is InChI=1S/C17H19NOS2/c1-5-10-18-15(19)14(21-16(18)20)11-12-6-8-13(9-7-12)17(2,3)4/h5-9,11H,1,10H2,2-4H3/b14-11+. The first-order valence-electron chi connectivity index (χ1n) is 6.80. The highest BCUT2D eigenvalue weighted by Crippen LogP contribution is 2.32. The summed E-state index contributed by atoms with van der Waals surface area (Å²) in [6, 6.07) is 8.30. The summed E-state index contributed by atoms with van der Waals surface area (Å²) in [5.74, 6) is -0.0372. The molecule has 1 aromatic carbocycles. The number of amides is 1. The molecule has 0 N–H and O–H groups in total. The van der Waals surface area contributed by atoms with E-state index < -0.39 is 0 Å². The Morgan fingerprint density at radius 2 is 1.90 bits per heavy atom. The molecule has 2 nitrogen and oxygen atoms in total. The highest BCUT2D eigenvalue weighted by molar-refractivity contribution is 8.26. The average molecular weight is 317 g/mol. The van der Waals surface area contributed by atoms with Crippen LogP contribution in [0.3, 0.4) is 0 Å². The quantitative estimate of drug-likeness (QED) is 0.469. The third-order valence-corrected chi connectivity index (χ3v) is 4.64. The largest absolute Gasteiger partial charge is 0.289 e. The predicted molar refractivity (Wildman–Crippen MR) is 95.2 cm³/mol. The van der Waals surface area contributed by atoms with Gasteiger partial charge < -0.3 is 0 Å². The minimum atomic E-state index is -0.0372. The maximum Gasteiger partial charge on any atom is 0.266 e. The van der Waals surface area contributed by atoms with Crippen molar-refractivity contribution in [3.8, 4) is 0 Å². The van der Waals surface area contributed by atoms with Crippen LogP contribution < -0.4 is 0 Å². The Balaban J connectivity index is 2.23. The zero-order chi connectivity index (χ0) is 15.6. The Morgan fingerprint density at radius 3 is 2.43 bits per heavy atom. The fraction of sp³-hybridized carbons (Fsp3) is 0.294. The summed E-state index contributed by atoms with van der Waals surface area (Å²) in [5, 5.41) is 0. The summed E-state index contributed by atoms with van der Waals surface area (Å²) >= 11 is 6.57. The van der Waals surface area contributed by atoms with Crippen molar-refractivity contribution in [2.45, 2.75) is 26.2 Å². The fourth-order valence-electron chi connectivity index (χ4n) is 2.02. The molecule has 0 radical (unpaired) electrons. The maximum absolute atomic E-state index is 12.2. The number of benzene rings is 1. The molecule has 110 valence electrons. The van der Waals surface area contributed by atoms with E-state index >= 15 is 0 Å². The molecule has 0 spiro atoms. The first-order chi connectivity index (χ1) is 9.82. The van der Waals surface area contributed by atoms with Gasteiger partial charge in [0.25, 0.3) is 5.91 Å². The Labute approximate surface area is 135 Å². The Kier molecular flexibility index (Phi) is 4.69. The van der Waals surface area contributed by atoms with Gasteiger partial charge in [-0.3, -0.25) is 9.69 Å². The molecule has 1 amide bonds. The molecule has 2 rings (SSSR count). The second-order valence-electron chi connectivity index (χ2n) is 5.95. The molecule has 0 aliphatic carbocycles. The SMILES string of the molecule is C=CCN1C(=O)/C(=C\c2ccc(C(C)(C)C)cc2)SC1=S. The van der Waals surface area contributed by atoms with Gasteiger partial charge in [0.2, 0.25) is 0 Å². The van der Waals surface area contributed by atoms with E-state index in [4.69, 9.17) is 12.2 Å². The van der Waals surface area contributed by atoms with Crippen molar-refractivity contribution >= 4 is 40.3 Å². The molecule has 21 heavy (non-hydrogen) atoms. The van der Waals surface area contributed by atoms with Gasteiger partial charge in [-0.2, -0.15) is 0 Å². The van der Waals surface area contributed by atoms with Crippen molar-refractivity contribution in [1.29, 1.82) is 0 Å². The topological polar surface area (TPSA) is 20.3 Å². The third-order valence-electron chi connectivity index (χ3n) is 3.26. The molecule has 1 aromatic rings. The van der Waals surface area contributed by atoms with Crippen molar-refractivity contribution in [1.82, 2.24) is 4.90 Å². The smallest absolute Gasteiger partial charge is 0.266 e. The van der Waals surface area contributed by atoms with Gasteiger partial charge in [-0.25, -0.2) is 0 Å². The summed E-state index contributed by atoms with van der Waals surface area (Å²) in [6.07, 6.45) is 3.58. The summed E-state index contributed by atoms with van der Waals surface area (Å²) in [6.45, 7) is 10.7. The lowest BCUT2D eigenvalue weighted by Crippen LogP contribution is -2.27. The van der Waals surface area contributed by atoms with Crippen LogP contribution >= 0.6 is 24.0 Å². The molecule has 0 unspecified atom stereocenters. The van der Waals surface area contributed by atoms with Crippen LogP contribution in [0.15, 0.2) is 41.8 Å². The zero-order valence-electron chi connectivity index (χ0n) is 12.6. The molecule has 0 atom stereocenters. The molecule has 1 fully saturated rings. The normalized spacial score (nSPS) is 17.7. The Hall–Kier alpha value is -1.39. The molecule has 1 heterocycles. The summed E-state index contributed by atoms with van der Waals surface area (Å²) in [5.41, 5.74) is 2.42. The van der Waals surface area contributed by atoms with Crippen LogP contribution in [0.1, 0.15) is 31.9 Å². The van der Waals surface area contributed by atoms with Crippen LogP contribution in [-0.4, -0.2) is 21.7 Å². The van der Waals surface area contributed by atoms with Crippen molar-refractivity contribution in [3.63, 3.8) is 0 Å². The van der Waals surface area contributed by atoms with E-state index in [1.54, 1.807) is 11.0 Å². The maximum atomic E-state index is 12.2. The third kappa shape index (κ3) is 3.63. The molecule has 0 aromatic heterocycles. The number of carbonyl (C=O) groups excluding carboxylic acids is 1. The number of nitrogens with zero attached hydrogens (tertiary/aromatic N) is 1. The van der Waals surface area contributed by atoms with E-state index in [1.807, 2.05) is 18.2 Å². The van der Waals surface area contributed by atoms with E-state index in [9.17, 15) is 4.79 Å². The lowest BCUT2D eigenvalue weighted by molar-refractivity contribution is -0.121. The zero-order valence-corrected chi connectivity index (χ0v) is 14.2. The summed E-state index contributed by atoms with van der Waals surface area (Å²) in [7, 11) is 0. The molecule has 0 saturated carbocycles. The summed E-state index contributed by atoms with van der Waals surface area (Å²) in [4.78, 5) is 14.5. The molecular formula is C17H19NOS2. The lowest BCUT2D eigenvalue weighted by atomic mass is 9.87. The first kappa shape index (κ1) is 16.0. The molecule has 1 saturated heterocycles. The highest BCUT2D eigenvalue weighted by atomic mass is 32.2. The van der Waals surface area contributed by atoms with Crippen molar-refractivity contribution < 1.29 is 4.79 Å². The Bertz CT molecular complexity index is 609. The number of thioether (sulfide) groups is 1. The van der Waals surface area contributed by atoms with Gasteiger partial charge in [-0.1, -0.05) is 75.1 Å². The van der Waals surface area contributed by atoms with Gasteiger partial charge in [0.15, 0.2) is 0 Å². The van der Waals surface area contributed by atoms with Crippen LogP contribution in [0.25, 0.3) is 6.08 Å². The minimum absolute atomic E-state index is 0.0372. The average Bonchev–Trinajstić information content (AvgIpc) is 2.66. The predicted octanol–water partition coefficient (Wildman–Crippen LogP) is 4.37. The fourth-order valence-corrected chi connectivity index (χ4v) is 3.29. The molecule has 4 heteroatoms. The molecular weight excluding hydrogens is 298 g/mol. The van der Waals surface area contributed by atoms with E-state index in [0.29, 0.717) is 15.8 Å². The van der Waals surface area contributed by atoms with E-state index in [-0.39, 0.29) is 11.3 Å². The number of hydrogen-bond acceptors (Lipinski definition) is 3. The van der Waals surface area contributed by atoms with E-state index in [1.165, 1.54) is 17.3 Å². The number of thiocarbonyl (C=S) groups is 1. The second kappa shape index (κ2) is 6.16. The van der Waals surface area contributed by atoms with E-state index in [2.05, 4.69) is 39.5 Å². The monoisotopic (exact) mass is 317 g/mol. The van der Waals surface area contributed by atoms with Crippen LogP contribution in [0, 0.1) is 0 Å². The molecule has 1 aliphatic heterocycles. The Morgan fingerprint density at radius 1 is 1.29 bits per heavy atom. The van der Waals surface area contributed by atoms with Crippen LogP contribution in [-0.2, 0) is 10.2 Å². The van der Waals surface area contributed by atoms with E-state index in [0.717, 1.165) is 5.56 Å². The highest BCUT2D eigenvalue weighted by Gasteiger charge is 2.30. The number of carbonyl (C=O) groups is 1. The van der Waals surface area contributed by atoms with Crippen molar-refractivity contribution in [2.75, 3.05) is 6.54 Å². The van der Waals surface area contributed by atoms with Gasteiger partial charge in [0.05, 0.1) is 4.91 Å². The van der Waals surface area contributed by atoms with Gasteiger partial charge in [-0.05, 0) is 22.6 Å². The summed E-state index contributed by atoms with van der Waals surface area (Å²) < 4.78 is 0.595. The second-order valence-corrected chi connectivity index (χ2v) is 7.63. The van der Waals surface area contributed by atoms with Gasteiger partial charge in [0.1, 0.15) is 4.32 Å². The lowest BCUT2D eigenvalue weighted by Gasteiger charge is -2.18. The van der Waals surface area contributed by atoms with Gasteiger partial charge >= 0.3 is 0 Å². The molecule has 0 bridgehead atoms. The number of hydrogen-bond donors (Lipinski definition) is 0. The molecule has 1 aliphatic rings. The van der Waals surface area contributed by atoms with Gasteiger partial charge in [0, 0.05) is 6.54 Å². The van der Waals surface area contributed by atoms with Crippen molar-refractivity contribution in [2.24, 2.45) is 0 Å². The van der Waals surface area contributed by atoms with Crippen LogP contribution in [0.2, 0.25) is 0 Å². The van der Waals surface area contributed by atoms with Crippen LogP contribution in [0.4, 0.5) is 0 Å². The minimum Gasteiger partial charge on any atom is -0.289 e. The van der Waals surface area contributed by atoms with Crippen molar-refractivity contribution in [3.05, 3.63) is 53.0 Å².